The normalized spacial score (nSPS) is 24.6. The van der Waals surface area contributed by atoms with Crippen molar-refractivity contribution in [3.63, 3.8) is 0 Å². The third-order valence-corrected chi connectivity index (χ3v) is 5.58. The lowest BCUT2D eigenvalue weighted by molar-refractivity contribution is -0.120. The van der Waals surface area contributed by atoms with Gasteiger partial charge in [-0.1, -0.05) is 0 Å². The van der Waals surface area contributed by atoms with Crippen molar-refractivity contribution in [1.82, 2.24) is 10.2 Å². The van der Waals surface area contributed by atoms with Gasteiger partial charge in [-0.15, -0.1) is 0 Å². The van der Waals surface area contributed by atoms with Crippen molar-refractivity contribution in [2.24, 2.45) is 0 Å². The first-order valence-corrected chi connectivity index (χ1v) is 9.51. The standard InChI is InChI=1S/C19H27N3O3S/c1-12(23)20-13-9-14-5-4-6-15(10-13)22(14)19(26)21-17-8-7-16(24-2)11-18(17)25-3/h7-8,11,13-15H,4-6,9-10H2,1-3H3,(H,20,23)(H,21,26)/t13?,14-,15+. The molecule has 1 aromatic rings. The number of carbonyl (C=O) groups is 1. The van der Waals surface area contributed by atoms with Crippen molar-refractivity contribution in [1.29, 1.82) is 0 Å². The summed E-state index contributed by atoms with van der Waals surface area (Å²) in [5, 5.41) is 7.17. The highest BCUT2D eigenvalue weighted by Gasteiger charge is 2.39. The number of benzene rings is 1. The summed E-state index contributed by atoms with van der Waals surface area (Å²) in [6.45, 7) is 1.59. The molecule has 3 rings (SSSR count). The van der Waals surface area contributed by atoms with Gasteiger partial charge in [-0.05, 0) is 56.5 Å². The molecule has 2 bridgehead atoms. The van der Waals surface area contributed by atoms with Crippen molar-refractivity contribution in [3.8, 4) is 11.5 Å². The fourth-order valence-corrected chi connectivity index (χ4v) is 4.61. The van der Waals surface area contributed by atoms with Crippen LogP contribution < -0.4 is 20.1 Å². The number of fused-ring (bicyclic) bond motifs is 2. The van der Waals surface area contributed by atoms with E-state index in [1.54, 1.807) is 21.1 Å². The van der Waals surface area contributed by atoms with Gasteiger partial charge in [0.1, 0.15) is 11.5 Å². The van der Waals surface area contributed by atoms with Crippen LogP contribution in [0.25, 0.3) is 0 Å². The van der Waals surface area contributed by atoms with E-state index < -0.39 is 0 Å². The summed E-state index contributed by atoms with van der Waals surface area (Å²) >= 11 is 5.75. The first kappa shape index (κ1) is 18.8. The number of nitrogens with zero attached hydrogens (tertiary/aromatic N) is 1. The van der Waals surface area contributed by atoms with Gasteiger partial charge in [0.2, 0.25) is 5.91 Å². The Kier molecular flexibility index (Phi) is 5.86. The largest absolute Gasteiger partial charge is 0.497 e. The quantitative estimate of drug-likeness (QED) is 0.787. The van der Waals surface area contributed by atoms with E-state index in [0.717, 1.165) is 42.2 Å². The number of anilines is 1. The fraction of sp³-hybridized carbons (Fsp3) is 0.579. The molecule has 2 fully saturated rings. The highest BCUT2D eigenvalue weighted by atomic mass is 32.1. The van der Waals surface area contributed by atoms with Crippen molar-refractivity contribution in [2.75, 3.05) is 19.5 Å². The van der Waals surface area contributed by atoms with E-state index in [-0.39, 0.29) is 11.9 Å². The van der Waals surface area contributed by atoms with Gasteiger partial charge in [0.25, 0.3) is 0 Å². The lowest BCUT2D eigenvalue weighted by Crippen LogP contribution is -2.59. The second kappa shape index (κ2) is 8.12. The second-order valence-electron chi connectivity index (χ2n) is 7.01. The zero-order chi connectivity index (χ0) is 18.7. The highest BCUT2D eigenvalue weighted by Crippen LogP contribution is 2.36. The summed E-state index contributed by atoms with van der Waals surface area (Å²) < 4.78 is 10.7. The smallest absolute Gasteiger partial charge is 0.217 e. The van der Waals surface area contributed by atoms with Crippen molar-refractivity contribution >= 4 is 28.9 Å². The summed E-state index contributed by atoms with van der Waals surface area (Å²) in [6, 6.07) is 6.63. The molecule has 1 amide bonds. The highest BCUT2D eigenvalue weighted by molar-refractivity contribution is 7.80. The van der Waals surface area contributed by atoms with Gasteiger partial charge >= 0.3 is 0 Å². The Morgan fingerprint density at radius 1 is 1.19 bits per heavy atom. The molecule has 0 aliphatic carbocycles. The molecule has 0 saturated carbocycles. The maximum atomic E-state index is 11.4. The number of thiocarbonyl (C=S) groups is 1. The van der Waals surface area contributed by atoms with Crippen LogP contribution in [-0.4, -0.2) is 48.3 Å². The Morgan fingerprint density at radius 2 is 1.88 bits per heavy atom. The summed E-state index contributed by atoms with van der Waals surface area (Å²) in [4.78, 5) is 13.8. The molecule has 2 aliphatic rings. The Morgan fingerprint density at radius 3 is 2.46 bits per heavy atom. The number of hydrogen-bond acceptors (Lipinski definition) is 4. The number of ether oxygens (including phenoxy) is 2. The number of piperidine rings is 2. The molecule has 26 heavy (non-hydrogen) atoms. The maximum Gasteiger partial charge on any atom is 0.217 e. The first-order chi connectivity index (χ1) is 12.5. The maximum absolute atomic E-state index is 11.4. The van der Waals surface area contributed by atoms with Gasteiger partial charge in [0.05, 0.1) is 19.9 Å². The molecule has 2 heterocycles. The van der Waals surface area contributed by atoms with E-state index in [1.165, 1.54) is 6.42 Å². The van der Waals surface area contributed by atoms with Crippen molar-refractivity contribution in [2.45, 2.75) is 57.2 Å². The summed E-state index contributed by atoms with van der Waals surface area (Å²) in [5.74, 6) is 1.49. The predicted molar refractivity (Wildman–Crippen MR) is 106 cm³/mol. The lowest BCUT2D eigenvalue weighted by Gasteiger charge is -2.50. The first-order valence-electron chi connectivity index (χ1n) is 9.10. The molecule has 0 radical (unpaired) electrons. The molecular formula is C19H27N3O3S. The van der Waals surface area contributed by atoms with Crippen LogP contribution in [0.1, 0.15) is 39.0 Å². The predicted octanol–water partition coefficient (Wildman–Crippen LogP) is 2.92. The molecule has 0 spiro atoms. The number of carbonyl (C=O) groups excluding carboxylic acids is 1. The van der Waals surface area contributed by atoms with Crippen molar-refractivity contribution in [3.05, 3.63) is 18.2 Å². The molecule has 3 atom stereocenters. The summed E-state index contributed by atoms with van der Waals surface area (Å²) in [5.41, 5.74) is 0.834. The summed E-state index contributed by atoms with van der Waals surface area (Å²) in [7, 11) is 3.27. The van der Waals surface area contributed by atoms with Gasteiger partial charge < -0.3 is 25.0 Å². The van der Waals surface area contributed by atoms with E-state index in [2.05, 4.69) is 15.5 Å². The minimum absolute atomic E-state index is 0.0465. The molecule has 2 N–H and O–H groups in total. The van der Waals surface area contributed by atoms with Gasteiger partial charge in [-0.25, -0.2) is 0 Å². The molecule has 2 saturated heterocycles. The van der Waals surface area contributed by atoms with Gasteiger partial charge in [-0.2, -0.15) is 0 Å². The third-order valence-electron chi connectivity index (χ3n) is 5.27. The Labute approximate surface area is 160 Å². The minimum Gasteiger partial charge on any atom is -0.497 e. The van der Waals surface area contributed by atoms with Crippen LogP contribution in [0.5, 0.6) is 11.5 Å². The van der Waals surface area contributed by atoms with E-state index in [9.17, 15) is 4.79 Å². The number of rotatable bonds is 4. The van der Waals surface area contributed by atoms with Crippen LogP contribution in [-0.2, 0) is 4.79 Å². The fourth-order valence-electron chi connectivity index (χ4n) is 4.20. The van der Waals surface area contributed by atoms with Crippen LogP contribution in [0, 0.1) is 0 Å². The molecule has 6 nitrogen and oxygen atoms in total. The monoisotopic (exact) mass is 377 g/mol. The number of amides is 1. The number of nitrogens with one attached hydrogen (secondary N) is 2. The van der Waals surface area contributed by atoms with Crippen LogP contribution in [0.4, 0.5) is 5.69 Å². The second-order valence-corrected chi connectivity index (χ2v) is 7.40. The van der Waals surface area contributed by atoms with E-state index in [0.29, 0.717) is 17.8 Å². The number of methoxy groups -OCH3 is 2. The number of hydrogen-bond donors (Lipinski definition) is 2. The van der Waals surface area contributed by atoms with Crippen LogP contribution in [0.2, 0.25) is 0 Å². The topological polar surface area (TPSA) is 62.8 Å². The molecule has 142 valence electrons. The van der Waals surface area contributed by atoms with Gasteiger partial charge in [-0.3, -0.25) is 4.79 Å². The average molecular weight is 378 g/mol. The average Bonchev–Trinajstić information content (AvgIpc) is 2.60. The SMILES string of the molecule is COc1ccc(NC(=S)N2[C@@H]3CCC[C@H]2CC(NC(C)=O)C3)c(OC)c1. The molecule has 1 unspecified atom stereocenters. The van der Waals surface area contributed by atoms with Gasteiger partial charge in [0, 0.05) is 31.1 Å². The lowest BCUT2D eigenvalue weighted by atomic mass is 9.82. The van der Waals surface area contributed by atoms with Crippen molar-refractivity contribution < 1.29 is 14.3 Å². The molecule has 2 aliphatic heterocycles. The molecular weight excluding hydrogens is 350 g/mol. The Bertz CT molecular complexity index is 668. The van der Waals surface area contributed by atoms with E-state index in [1.807, 2.05) is 18.2 Å². The molecule has 0 aromatic heterocycles. The molecule has 1 aromatic carbocycles. The van der Waals surface area contributed by atoms with E-state index >= 15 is 0 Å². The van der Waals surface area contributed by atoms with Gasteiger partial charge in [0.15, 0.2) is 5.11 Å². The third kappa shape index (κ3) is 4.03. The van der Waals surface area contributed by atoms with Crippen LogP contribution in [0.15, 0.2) is 18.2 Å². The minimum atomic E-state index is 0.0465. The van der Waals surface area contributed by atoms with Crippen LogP contribution in [0.3, 0.4) is 0 Å². The van der Waals surface area contributed by atoms with E-state index in [4.69, 9.17) is 21.7 Å². The van der Waals surface area contributed by atoms with Crippen LogP contribution >= 0.6 is 12.2 Å². The zero-order valence-electron chi connectivity index (χ0n) is 15.6. The Hall–Kier alpha value is -2.02. The zero-order valence-corrected chi connectivity index (χ0v) is 16.4. The summed E-state index contributed by atoms with van der Waals surface area (Å²) in [6.07, 6.45) is 5.31. The molecule has 7 heteroatoms. The Balaban J connectivity index is 1.73.